The van der Waals surface area contributed by atoms with Crippen molar-refractivity contribution >= 4 is 25.0 Å². The van der Waals surface area contributed by atoms with Crippen LogP contribution in [0.15, 0.2) is 97.1 Å². The number of ether oxygens (including phenoxy) is 1. The molecule has 6 heteroatoms. The summed E-state index contributed by atoms with van der Waals surface area (Å²) in [6, 6.07) is 32.7. The molecule has 5 nitrogen and oxygen atoms in total. The van der Waals surface area contributed by atoms with E-state index in [9.17, 15) is 4.79 Å². The van der Waals surface area contributed by atoms with E-state index in [0.717, 1.165) is 59.3 Å². The largest absolute Gasteiger partial charge is 0.543 e. The predicted octanol–water partition coefficient (Wildman–Crippen LogP) is 8.71. The molecule has 238 valence electrons. The van der Waals surface area contributed by atoms with Crippen LogP contribution in [0.5, 0.6) is 11.5 Å². The Kier molecular flexibility index (Phi) is 9.21. The quantitative estimate of drug-likeness (QED) is 0.170. The second-order valence-electron chi connectivity index (χ2n) is 14.8. The minimum atomic E-state index is -1.90. The van der Waals surface area contributed by atoms with Crippen molar-refractivity contribution in [3.63, 3.8) is 0 Å². The highest BCUT2D eigenvalue weighted by Gasteiger charge is 2.43. The van der Waals surface area contributed by atoms with Gasteiger partial charge in [0.2, 0.25) is 14.2 Å². The Hall–Kier alpha value is -3.61. The fraction of sp³-hybridized carbons (Fsp3) is 0.410. The van der Waals surface area contributed by atoms with Gasteiger partial charge in [-0.3, -0.25) is 9.69 Å². The molecule has 0 unspecified atom stereocenters. The van der Waals surface area contributed by atoms with E-state index in [-0.39, 0.29) is 22.6 Å². The first-order valence-electron chi connectivity index (χ1n) is 16.3. The van der Waals surface area contributed by atoms with E-state index in [4.69, 9.17) is 14.9 Å². The Morgan fingerprint density at radius 3 is 1.87 bits per heavy atom. The molecule has 2 N–H and O–H groups in total. The van der Waals surface area contributed by atoms with Crippen molar-refractivity contribution < 1.29 is 14.0 Å². The normalized spacial score (nSPS) is 16.6. The van der Waals surface area contributed by atoms with Gasteiger partial charge in [-0.1, -0.05) is 93.6 Å². The average Bonchev–Trinajstić information content (AvgIpc) is 3.47. The van der Waals surface area contributed by atoms with Crippen molar-refractivity contribution in [3.8, 4) is 11.5 Å². The number of rotatable bonds is 11. The van der Waals surface area contributed by atoms with Crippen LogP contribution >= 0.6 is 0 Å². The third kappa shape index (κ3) is 6.97. The summed E-state index contributed by atoms with van der Waals surface area (Å²) in [5, 5.41) is 2.45. The number of amides is 1. The highest BCUT2D eigenvalue weighted by atomic mass is 28.4. The van der Waals surface area contributed by atoms with Crippen molar-refractivity contribution in [1.29, 1.82) is 0 Å². The van der Waals surface area contributed by atoms with Crippen LogP contribution in [0.1, 0.15) is 65.0 Å². The van der Waals surface area contributed by atoms with Gasteiger partial charge in [0.25, 0.3) is 0 Å². The molecule has 1 aliphatic heterocycles. The minimum absolute atomic E-state index is 0.104. The molecule has 1 aliphatic rings. The van der Waals surface area contributed by atoms with Crippen molar-refractivity contribution in [2.24, 2.45) is 5.73 Å². The van der Waals surface area contributed by atoms with E-state index in [1.807, 2.05) is 60.7 Å². The predicted molar refractivity (Wildman–Crippen MR) is 189 cm³/mol. The van der Waals surface area contributed by atoms with Crippen molar-refractivity contribution in [2.45, 2.75) is 89.1 Å². The standard InChI is InChI=1S/C39H50N2O3Si/c1-37(2,3)45(6,7)44-34-21-19-29-26-33(20-18-30(29)27-34)43-35-22-25-41(28-35)38(4,5)23-24-39(36(40)42,31-14-10-8-11-15-31)32-16-12-9-13-17-32/h8-21,26-27,35H,22-25,28H2,1-7H3,(H2,40,42)/t35-/m0/s1. The third-order valence-electron chi connectivity index (χ3n) is 10.3. The number of likely N-dealkylation sites (tertiary alicyclic amines) is 1. The molecule has 0 saturated carbocycles. The first-order chi connectivity index (χ1) is 21.2. The number of nitrogens with zero attached hydrogens (tertiary/aromatic N) is 1. The molecule has 1 amide bonds. The van der Waals surface area contributed by atoms with E-state index < -0.39 is 13.7 Å². The smallest absolute Gasteiger partial charge is 0.250 e. The Bertz CT molecular complexity index is 1570. The Labute approximate surface area is 270 Å². The maximum Gasteiger partial charge on any atom is 0.250 e. The molecule has 45 heavy (non-hydrogen) atoms. The zero-order chi connectivity index (χ0) is 32.5. The molecule has 1 fully saturated rings. The van der Waals surface area contributed by atoms with Crippen LogP contribution in [0, 0.1) is 0 Å². The molecule has 0 spiro atoms. The van der Waals surface area contributed by atoms with Gasteiger partial charge in [0.1, 0.15) is 17.6 Å². The van der Waals surface area contributed by atoms with Crippen molar-refractivity contribution in [1.82, 2.24) is 4.90 Å². The van der Waals surface area contributed by atoms with E-state index in [1.165, 1.54) is 0 Å². The van der Waals surface area contributed by atoms with Crippen molar-refractivity contribution in [3.05, 3.63) is 108 Å². The Morgan fingerprint density at radius 2 is 1.33 bits per heavy atom. The number of carbonyl (C=O) groups excluding carboxylic acids is 1. The van der Waals surface area contributed by atoms with Gasteiger partial charge >= 0.3 is 0 Å². The lowest BCUT2D eigenvalue weighted by atomic mass is 9.69. The second-order valence-corrected chi connectivity index (χ2v) is 19.5. The van der Waals surface area contributed by atoms with E-state index >= 15 is 0 Å². The summed E-state index contributed by atoms with van der Waals surface area (Å²) in [5.41, 5.74) is 7.08. The van der Waals surface area contributed by atoms with Crippen LogP contribution in [0.25, 0.3) is 10.8 Å². The first-order valence-corrected chi connectivity index (χ1v) is 19.2. The third-order valence-corrected chi connectivity index (χ3v) is 14.7. The van der Waals surface area contributed by atoms with Gasteiger partial charge in [0, 0.05) is 18.6 Å². The number of hydrogen-bond acceptors (Lipinski definition) is 4. The Morgan fingerprint density at radius 1 is 0.800 bits per heavy atom. The summed E-state index contributed by atoms with van der Waals surface area (Å²) in [6.45, 7) is 17.7. The van der Waals surface area contributed by atoms with Crippen LogP contribution < -0.4 is 14.9 Å². The molecule has 1 atom stereocenters. The topological polar surface area (TPSA) is 64.8 Å². The molecule has 0 radical (unpaired) electrons. The van der Waals surface area contributed by atoms with E-state index in [2.05, 4.69) is 89.0 Å². The zero-order valence-corrected chi connectivity index (χ0v) is 29.1. The number of carbonyl (C=O) groups is 1. The fourth-order valence-corrected chi connectivity index (χ4v) is 7.34. The Balaban J connectivity index is 1.26. The van der Waals surface area contributed by atoms with Gasteiger partial charge in [-0.15, -0.1) is 0 Å². The number of fused-ring (bicyclic) bond motifs is 1. The van der Waals surface area contributed by atoms with Crippen LogP contribution in [0.2, 0.25) is 18.1 Å². The van der Waals surface area contributed by atoms with Gasteiger partial charge in [0.15, 0.2) is 0 Å². The first kappa shape index (κ1) is 32.8. The summed E-state index contributed by atoms with van der Waals surface area (Å²) in [6.07, 6.45) is 2.49. The highest BCUT2D eigenvalue weighted by Crippen LogP contribution is 2.41. The molecule has 0 aliphatic carbocycles. The molecule has 0 aromatic heterocycles. The van der Waals surface area contributed by atoms with E-state index in [0.29, 0.717) is 6.42 Å². The fourth-order valence-electron chi connectivity index (χ4n) is 6.31. The number of benzene rings is 4. The summed E-state index contributed by atoms with van der Waals surface area (Å²) in [4.78, 5) is 15.8. The van der Waals surface area contributed by atoms with Crippen LogP contribution in [-0.4, -0.2) is 43.9 Å². The summed E-state index contributed by atoms with van der Waals surface area (Å²) in [7, 11) is -1.90. The van der Waals surface area contributed by atoms with Gasteiger partial charge in [0.05, 0.1) is 5.41 Å². The van der Waals surface area contributed by atoms with Gasteiger partial charge < -0.3 is 14.9 Å². The molecular formula is C39H50N2O3Si. The maximum atomic E-state index is 13.3. The van der Waals surface area contributed by atoms with Crippen LogP contribution in [-0.2, 0) is 10.2 Å². The average molecular weight is 623 g/mol. The monoisotopic (exact) mass is 622 g/mol. The molecule has 4 aromatic rings. The molecule has 1 saturated heterocycles. The maximum absolute atomic E-state index is 13.3. The lowest BCUT2D eigenvalue weighted by Crippen LogP contribution is -2.47. The summed E-state index contributed by atoms with van der Waals surface area (Å²) < 4.78 is 13.1. The summed E-state index contributed by atoms with van der Waals surface area (Å²) in [5.74, 6) is 1.52. The number of nitrogens with two attached hydrogens (primary N) is 1. The summed E-state index contributed by atoms with van der Waals surface area (Å²) >= 11 is 0. The molecule has 1 heterocycles. The van der Waals surface area contributed by atoms with Gasteiger partial charge in [-0.2, -0.15) is 0 Å². The highest BCUT2D eigenvalue weighted by molar-refractivity contribution is 6.74. The van der Waals surface area contributed by atoms with Gasteiger partial charge in [-0.25, -0.2) is 0 Å². The molecule has 4 aromatic carbocycles. The molecular weight excluding hydrogens is 573 g/mol. The lowest BCUT2D eigenvalue weighted by molar-refractivity contribution is -0.122. The molecule has 0 bridgehead atoms. The van der Waals surface area contributed by atoms with Crippen LogP contribution in [0.3, 0.4) is 0 Å². The number of hydrogen-bond donors (Lipinski definition) is 1. The second kappa shape index (κ2) is 12.6. The lowest BCUT2D eigenvalue weighted by Gasteiger charge is -2.40. The zero-order valence-electron chi connectivity index (χ0n) is 28.1. The SMILES string of the molecule is CC(C)(CCC(C(N)=O)(c1ccccc1)c1ccccc1)N1CC[C@H](Oc2ccc3cc(O[Si](C)(C)C(C)(C)C)ccc3c2)C1. The van der Waals surface area contributed by atoms with Crippen LogP contribution in [0.4, 0.5) is 0 Å². The van der Waals surface area contributed by atoms with Gasteiger partial charge in [-0.05, 0) is 97.4 Å². The van der Waals surface area contributed by atoms with Crippen molar-refractivity contribution in [2.75, 3.05) is 13.1 Å². The minimum Gasteiger partial charge on any atom is -0.543 e. The van der Waals surface area contributed by atoms with E-state index in [1.54, 1.807) is 0 Å². The molecule has 5 rings (SSSR count). The number of primary amides is 1.